The average Bonchev–Trinajstić information content (AvgIpc) is 3.05. The summed E-state index contributed by atoms with van der Waals surface area (Å²) in [7, 11) is 1.63. The maximum atomic E-state index is 12.9. The number of nitrogens with one attached hydrogen (secondary N) is 2. The van der Waals surface area contributed by atoms with Gasteiger partial charge in [0.05, 0.1) is 11.2 Å². The molecule has 0 bridgehead atoms. The number of rotatable bonds is 5. The standard InChI is InChI=1S/C22H29N5O3S.Na/c1-26(2)22(10-11-22)18-13-19(24-27(18)3)31(29,30)25-21(28)23-20-16-8-4-6-14(16)12-15-7-5-9-17(15)20;/h12-13H,4-11H2,1-3H3,(H2,23,25,28);. The van der Waals surface area contributed by atoms with Crippen LogP contribution in [0.2, 0.25) is 0 Å². The van der Waals surface area contributed by atoms with Gasteiger partial charge < -0.3 is 5.32 Å². The molecule has 1 heterocycles. The summed E-state index contributed by atoms with van der Waals surface area (Å²) in [4.78, 5) is 14.9. The van der Waals surface area contributed by atoms with Gasteiger partial charge in [-0.25, -0.2) is 9.52 Å². The Labute approximate surface area is 211 Å². The molecule has 167 valence electrons. The Balaban J connectivity index is 0.00000245. The van der Waals surface area contributed by atoms with Crippen molar-refractivity contribution in [2.75, 3.05) is 19.4 Å². The molecule has 0 spiro atoms. The van der Waals surface area contributed by atoms with E-state index >= 15 is 0 Å². The number of sulfonamides is 1. The molecular weight excluding hydrogens is 437 g/mol. The van der Waals surface area contributed by atoms with E-state index in [0.717, 1.165) is 73.9 Å². The number of aryl methyl sites for hydroxylation is 3. The zero-order valence-electron chi connectivity index (χ0n) is 19.3. The van der Waals surface area contributed by atoms with Crippen molar-refractivity contribution in [3.63, 3.8) is 0 Å². The van der Waals surface area contributed by atoms with Gasteiger partial charge in [-0.15, -0.1) is 0 Å². The van der Waals surface area contributed by atoms with Crippen LogP contribution in [-0.2, 0) is 48.3 Å². The van der Waals surface area contributed by atoms with Gasteiger partial charge in [0.15, 0.2) is 5.03 Å². The van der Waals surface area contributed by atoms with E-state index in [1.807, 2.05) is 14.1 Å². The van der Waals surface area contributed by atoms with E-state index in [2.05, 4.69) is 26.1 Å². The Morgan fingerprint density at radius 2 is 1.66 bits per heavy atom. The van der Waals surface area contributed by atoms with E-state index in [0.29, 0.717) is 0 Å². The Morgan fingerprint density at radius 3 is 2.19 bits per heavy atom. The fraction of sp³-hybridized carbons (Fsp3) is 0.545. The molecule has 1 saturated carbocycles. The predicted octanol–water partition coefficient (Wildman–Crippen LogP) is 2.08. The fourth-order valence-corrected chi connectivity index (χ4v) is 6.24. The van der Waals surface area contributed by atoms with Crippen molar-refractivity contribution in [1.82, 2.24) is 19.4 Å². The van der Waals surface area contributed by atoms with Gasteiger partial charge in [0.25, 0.3) is 10.0 Å². The first-order valence-corrected chi connectivity index (χ1v) is 12.4. The van der Waals surface area contributed by atoms with Crippen molar-refractivity contribution >= 4 is 51.3 Å². The largest absolute Gasteiger partial charge is 0.333 e. The van der Waals surface area contributed by atoms with Gasteiger partial charge in [-0.3, -0.25) is 9.58 Å². The number of hydrogen-bond acceptors (Lipinski definition) is 5. The number of anilines is 1. The second kappa shape index (κ2) is 8.43. The Bertz CT molecular complexity index is 1150. The van der Waals surface area contributed by atoms with Gasteiger partial charge in [0.1, 0.15) is 0 Å². The van der Waals surface area contributed by atoms with Gasteiger partial charge >= 0.3 is 6.03 Å². The van der Waals surface area contributed by atoms with E-state index in [-0.39, 0.29) is 40.1 Å². The molecule has 0 unspecified atom stereocenters. The average molecular weight is 467 g/mol. The molecule has 3 aliphatic rings. The van der Waals surface area contributed by atoms with Crippen LogP contribution in [0.5, 0.6) is 0 Å². The number of carbonyl (C=O) groups excluding carboxylic acids is 1. The van der Waals surface area contributed by atoms with Crippen molar-refractivity contribution in [2.24, 2.45) is 7.05 Å². The molecule has 32 heavy (non-hydrogen) atoms. The second-order valence-electron chi connectivity index (χ2n) is 9.21. The molecule has 1 radical (unpaired) electrons. The number of amides is 2. The van der Waals surface area contributed by atoms with Gasteiger partial charge in [0, 0.05) is 48.4 Å². The Kier molecular flexibility index (Phi) is 6.26. The topological polar surface area (TPSA) is 96.3 Å². The van der Waals surface area contributed by atoms with Crippen molar-refractivity contribution < 1.29 is 13.2 Å². The Morgan fingerprint density at radius 1 is 1.06 bits per heavy atom. The SMILES string of the molecule is CN(C)C1(c2cc(S(=O)(=O)NC(=O)Nc3c4c(cc5c3CCC5)CCC4)nn2C)CC1.[Na]. The van der Waals surface area contributed by atoms with E-state index in [9.17, 15) is 13.2 Å². The summed E-state index contributed by atoms with van der Waals surface area (Å²) in [6.07, 6.45) is 7.91. The molecule has 1 aromatic carbocycles. The molecule has 10 heteroatoms. The van der Waals surface area contributed by atoms with Crippen molar-refractivity contribution in [1.29, 1.82) is 0 Å². The van der Waals surface area contributed by atoms with E-state index in [4.69, 9.17) is 0 Å². The first-order valence-electron chi connectivity index (χ1n) is 10.9. The van der Waals surface area contributed by atoms with Gasteiger partial charge in [0.2, 0.25) is 0 Å². The van der Waals surface area contributed by atoms with Crippen molar-refractivity contribution in [2.45, 2.75) is 61.9 Å². The minimum absolute atomic E-state index is 0. The van der Waals surface area contributed by atoms with Gasteiger partial charge in [-0.1, -0.05) is 6.07 Å². The zero-order valence-corrected chi connectivity index (χ0v) is 22.1. The molecule has 0 aliphatic heterocycles. The zero-order chi connectivity index (χ0) is 22.0. The van der Waals surface area contributed by atoms with Crippen LogP contribution >= 0.6 is 0 Å². The predicted molar refractivity (Wildman–Crippen MR) is 123 cm³/mol. The number of carbonyl (C=O) groups is 1. The maximum absolute atomic E-state index is 12.9. The minimum atomic E-state index is -4.08. The third kappa shape index (κ3) is 3.92. The number of nitrogens with zero attached hydrogens (tertiary/aromatic N) is 3. The van der Waals surface area contributed by atoms with Crippen LogP contribution in [0.4, 0.5) is 10.5 Å². The van der Waals surface area contributed by atoms with E-state index in [1.54, 1.807) is 17.8 Å². The summed E-state index contributed by atoms with van der Waals surface area (Å²) in [6, 6.07) is 3.13. The van der Waals surface area contributed by atoms with Gasteiger partial charge in [-0.2, -0.15) is 13.5 Å². The number of aromatic nitrogens is 2. The Hall–Kier alpha value is -1.39. The van der Waals surface area contributed by atoms with Crippen LogP contribution in [0, 0.1) is 0 Å². The number of fused-ring (bicyclic) bond motifs is 2. The van der Waals surface area contributed by atoms with Crippen LogP contribution in [0.1, 0.15) is 53.6 Å². The number of urea groups is 1. The molecule has 2 N–H and O–H groups in total. The minimum Gasteiger partial charge on any atom is -0.307 e. The molecule has 0 atom stereocenters. The monoisotopic (exact) mass is 466 g/mol. The summed E-state index contributed by atoms with van der Waals surface area (Å²) >= 11 is 0. The number of benzene rings is 1. The van der Waals surface area contributed by atoms with Crippen LogP contribution in [-0.4, -0.2) is 72.8 Å². The summed E-state index contributed by atoms with van der Waals surface area (Å²) < 4.78 is 29.6. The molecule has 1 fully saturated rings. The molecule has 8 nitrogen and oxygen atoms in total. The van der Waals surface area contributed by atoms with E-state index in [1.165, 1.54) is 11.1 Å². The number of hydrogen-bond donors (Lipinski definition) is 2. The summed E-state index contributed by atoms with van der Waals surface area (Å²) in [5, 5.41) is 6.96. The maximum Gasteiger partial charge on any atom is 0.333 e. The van der Waals surface area contributed by atoms with Crippen LogP contribution in [0.25, 0.3) is 0 Å². The molecule has 2 amide bonds. The van der Waals surface area contributed by atoms with Crippen molar-refractivity contribution in [3.05, 3.63) is 40.1 Å². The molecular formula is C22H29N5NaO3S. The van der Waals surface area contributed by atoms with Gasteiger partial charge in [-0.05, 0) is 87.7 Å². The normalized spacial score (nSPS) is 18.1. The summed E-state index contributed by atoms with van der Waals surface area (Å²) in [5.74, 6) is 0. The molecule has 1 aromatic heterocycles. The van der Waals surface area contributed by atoms with E-state index < -0.39 is 16.1 Å². The first kappa shape index (κ1) is 23.8. The molecule has 3 aliphatic carbocycles. The molecule has 0 saturated heterocycles. The quantitative estimate of drug-likeness (QED) is 0.658. The smallest absolute Gasteiger partial charge is 0.307 e. The molecule has 5 rings (SSSR count). The third-order valence-corrected chi connectivity index (χ3v) is 8.33. The van der Waals surface area contributed by atoms with Crippen LogP contribution in [0.3, 0.4) is 0 Å². The van der Waals surface area contributed by atoms with Crippen LogP contribution < -0.4 is 10.0 Å². The summed E-state index contributed by atoms with van der Waals surface area (Å²) in [6.45, 7) is 0. The third-order valence-electron chi connectivity index (χ3n) is 7.13. The van der Waals surface area contributed by atoms with Crippen LogP contribution in [0.15, 0.2) is 17.2 Å². The first-order chi connectivity index (χ1) is 14.7. The van der Waals surface area contributed by atoms with Crippen molar-refractivity contribution in [3.8, 4) is 0 Å². The second-order valence-corrected chi connectivity index (χ2v) is 10.8. The summed E-state index contributed by atoms with van der Waals surface area (Å²) in [5.41, 5.74) is 6.38. The molecule has 2 aromatic rings. The fourth-order valence-electron chi connectivity index (χ4n) is 5.34.